The average molecular weight is 217 g/mol. The van der Waals surface area contributed by atoms with Gasteiger partial charge in [-0.05, 0) is 19.1 Å². The van der Waals surface area contributed by atoms with E-state index in [0.29, 0.717) is 16.7 Å². The quantitative estimate of drug-likeness (QED) is 0.586. The van der Waals surface area contributed by atoms with E-state index in [9.17, 15) is 9.90 Å². The van der Waals surface area contributed by atoms with Crippen LogP contribution in [-0.2, 0) is 0 Å². The van der Waals surface area contributed by atoms with Crippen LogP contribution in [0.3, 0.4) is 0 Å². The molecule has 0 spiro atoms. The van der Waals surface area contributed by atoms with Crippen LogP contribution in [0.4, 0.5) is 0 Å². The minimum absolute atomic E-state index is 0.0741. The van der Waals surface area contributed by atoms with Crippen LogP contribution in [0.15, 0.2) is 38.5 Å². The van der Waals surface area contributed by atoms with Gasteiger partial charge in [0.1, 0.15) is 16.9 Å². The Morgan fingerprint density at radius 3 is 2.75 bits per heavy atom. The fourth-order valence-electron chi connectivity index (χ4n) is 1.56. The number of hydrogen-bond donors (Lipinski definition) is 1. The number of aliphatic imine (C=N–C) groups is 1. The zero-order chi connectivity index (χ0) is 11.7. The second-order valence-electron chi connectivity index (χ2n) is 3.42. The highest BCUT2D eigenvalue weighted by molar-refractivity contribution is 6.04. The summed E-state index contributed by atoms with van der Waals surface area (Å²) in [6.07, 6.45) is 0. The van der Waals surface area contributed by atoms with Crippen LogP contribution >= 0.6 is 0 Å². The van der Waals surface area contributed by atoms with E-state index in [2.05, 4.69) is 4.99 Å². The van der Waals surface area contributed by atoms with Gasteiger partial charge in [-0.2, -0.15) is 0 Å². The van der Waals surface area contributed by atoms with Gasteiger partial charge in [-0.25, -0.2) is 4.79 Å². The summed E-state index contributed by atoms with van der Waals surface area (Å²) in [7, 11) is 1.56. The zero-order valence-corrected chi connectivity index (χ0v) is 9.02. The third kappa shape index (κ3) is 1.48. The van der Waals surface area contributed by atoms with Crippen LogP contribution in [0, 0.1) is 0 Å². The van der Waals surface area contributed by atoms with Crippen molar-refractivity contribution in [2.75, 3.05) is 7.05 Å². The minimum atomic E-state index is -0.570. The van der Waals surface area contributed by atoms with E-state index in [-0.39, 0.29) is 11.3 Å². The van der Waals surface area contributed by atoms with Crippen molar-refractivity contribution < 1.29 is 9.52 Å². The van der Waals surface area contributed by atoms with Crippen molar-refractivity contribution >= 4 is 16.7 Å². The smallest absolute Gasteiger partial charge is 0.349 e. The van der Waals surface area contributed by atoms with Gasteiger partial charge in [0.15, 0.2) is 0 Å². The maximum absolute atomic E-state index is 11.6. The lowest BCUT2D eigenvalue weighted by Crippen LogP contribution is -2.12. The van der Waals surface area contributed by atoms with Crippen molar-refractivity contribution in [3.63, 3.8) is 0 Å². The summed E-state index contributed by atoms with van der Waals surface area (Å²) in [6.45, 7) is 1.65. The molecule has 0 amide bonds. The van der Waals surface area contributed by atoms with Gasteiger partial charge in [-0.1, -0.05) is 12.1 Å². The van der Waals surface area contributed by atoms with Crippen LogP contribution in [0.25, 0.3) is 11.0 Å². The predicted molar refractivity (Wildman–Crippen MR) is 62.3 cm³/mol. The molecule has 1 heterocycles. The van der Waals surface area contributed by atoms with E-state index < -0.39 is 5.63 Å². The van der Waals surface area contributed by atoms with Gasteiger partial charge in [0, 0.05) is 12.8 Å². The van der Waals surface area contributed by atoms with Gasteiger partial charge in [0.2, 0.25) is 0 Å². The maximum Gasteiger partial charge on any atom is 0.349 e. The lowest BCUT2D eigenvalue weighted by atomic mass is 10.1. The van der Waals surface area contributed by atoms with E-state index in [0.717, 1.165) is 0 Å². The summed E-state index contributed by atoms with van der Waals surface area (Å²) < 4.78 is 5.10. The molecule has 2 aromatic rings. The van der Waals surface area contributed by atoms with E-state index in [1.165, 1.54) is 0 Å². The Morgan fingerprint density at radius 2 is 2.06 bits per heavy atom. The van der Waals surface area contributed by atoms with Crippen molar-refractivity contribution in [3.8, 4) is 5.75 Å². The third-order valence-corrected chi connectivity index (χ3v) is 2.48. The Labute approximate surface area is 91.9 Å². The second-order valence-corrected chi connectivity index (χ2v) is 3.42. The third-order valence-electron chi connectivity index (χ3n) is 2.48. The van der Waals surface area contributed by atoms with Crippen LogP contribution in [0.5, 0.6) is 5.75 Å². The summed E-state index contributed by atoms with van der Waals surface area (Å²) in [4.78, 5) is 15.5. The molecule has 1 N–H and O–H groups in total. The summed E-state index contributed by atoms with van der Waals surface area (Å²) in [6, 6.07) is 6.84. The molecule has 0 aliphatic carbocycles. The Morgan fingerprint density at radius 1 is 1.38 bits per heavy atom. The summed E-state index contributed by atoms with van der Waals surface area (Å²) in [5.74, 6) is -0.0741. The molecular formula is C12H11NO3. The topological polar surface area (TPSA) is 62.8 Å². The molecule has 0 radical (unpaired) electrons. The highest BCUT2D eigenvalue weighted by Gasteiger charge is 2.15. The molecule has 1 aromatic carbocycles. The molecule has 0 atom stereocenters. The average Bonchev–Trinajstić information content (AvgIpc) is 2.28. The maximum atomic E-state index is 11.6. The SMILES string of the molecule is CN=C(C)c1c(O)c2ccccc2oc1=O. The van der Waals surface area contributed by atoms with Crippen molar-refractivity contribution in [3.05, 3.63) is 40.2 Å². The first kappa shape index (κ1) is 10.4. The number of aromatic hydroxyl groups is 1. The van der Waals surface area contributed by atoms with Crippen molar-refractivity contribution in [2.24, 2.45) is 4.99 Å². The number of hydrogen-bond acceptors (Lipinski definition) is 4. The summed E-state index contributed by atoms with van der Waals surface area (Å²) in [5.41, 5.74) is 0.384. The molecule has 1 aromatic heterocycles. The van der Waals surface area contributed by atoms with Gasteiger partial charge < -0.3 is 9.52 Å². The number of para-hydroxylation sites is 1. The highest BCUT2D eigenvalue weighted by atomic mass is 16.4. The van der Waals surface area contributed by atoms with Gasteiger partial charge in [-0.3, -0.25) is 4.99 Å². The van der Waals surface area contributed by atoms with Crippen molar-refractivity contribution in [2.45, 2.75) is 6.92 Å². The Balaban J connectivity index is 2.92. The molecular weight excluding hydrogens is 206 g/mol. The fraction of sp³-hybridized carbons (Fsp3) is 0.167. The van der Waals surface area contributed by atoms with Crippen LogP contribution in [0.1, 0.15) is 12.5 Å². The molecule has 0 bridgehead atoms. The second kappa shape index (κ2) is 3.81. The summed E-state index contributed by atoms with van der Waals surface area (Å²) in [5, 5.41) is 10.5. The molecule has 0 saturated heterocycles. The molecule has 82 valence electrons. The van der Waals surface area contributed by atoms with Crippen molar-refractivity contribution in [1.82, 2.24) is 0 Å². The first-order valence-corrected chi connectivity index (χ1v) is 4.83. The van der Waals surface area contributed by atoms with Gasteiger partial charge >= 0.3 is 5.63 Å². The number of nitrogens with zero attached hydrogens (tertiary/aromatic N) is 1. The number of rotatable bonds is 1. The fourth-order valence-corrected chi connectivity index (χ4v) is 1.56. The minimum Gasteiger partial charge on any atom is -0.506 e. The number of benzene rings is 1. The molecule has 0 saturated carbocycles. The van der Waals surface area contributed by atoms with E-state index in [1.807, 2.05) is 0 Å². The monoisotopic (exact) mass is 217 g/mol. The van der Waals surface area contributed by atoms with E-state index in [1.54, 1.807) is 38.2 Å². The first-order chi connectivity index (χ1) is 7.65. The van der Waals surface area contributed by atoms with Gasteiger partial charge in [0.05, 0.1) is 5.39 Å². The molecule has 4 nitrogen and oxygen atoms in total. The number of fused-ring (bicyclic) bond motifs is 1. The zero-order valence-electron chi connectivity index (χ0n) is 9.02. The highest BCUT2D eigenvalue weighted by Crippen LogP contribution is 2.26. The molecule has 16 heavy (non-hydrogen) atoms. The molecule has 4 heteroatoms. The van der Waals surface area contributed by atoms with Crippen molar-refractivity contribution in [1.29, 1.82) is 0 Å². The van der Waals surface area contributed by atoms with E-state index >= 15 is 0 Å². The van der Waals surface area contributed by atoms with E-state index in [4.69, 9.17) is 4.42 Å². The predicted octanol–water partition coefficient (Wildman–Crippen LogP) is 1.94. The lowest BCUT2D eigenvalue weighted by molar-refractivity contribution is 0.466. The van der Waals surface area contributed by atoms with Crippen LogP contribution in [0.2, 0.25) is 0 Å². The molecule has 0 fully saturated rings. The van der Waals surface area contributed by atoms with Gasteiger partial charge in [-0.15, -0.1) is 0 Å². The van der Waals surface area contributed by atoms with Gasteiger partial charge in [0.25, 0.3) is 0 Å². The first-order valence-electron chi connectivity index (χ1n) is 4.83. The molecule has 0 aliphatic heterocycles. The normalized spacial score (nSPS) is 12.0. The molecule has 0 unspecified atom stereocenters. The van der Waals surface area contributed by atoms with Crippen LogP contribution in [-0.4, -0.2) is 17.9 Å². The summed E-state index contributed by atoms with van der Waals surface area (Å²) >= 11 is 0. The Hall–Kier alpha value is -2.10. The Bertz CT molecular complexity index is 626. The molecule has 0 aliphatic rings. The standard InChI is InChI=1S/C12H11NO3/c1-7(13-2)10-11(14)8-5-3-4-6-9(8)16-12(10)15/h3-6,14H,1-2H3. The van der Waals surface area contributed by atoms with Crippen LogP contribution < -0.4 is 5.63 Å². The largest absolute Gasteiger partial charge is 0.506 e. The lowest BCUT2D eigenvalue weighted by Gasteiger charge is -2.04. The Kier molecular flexibility index (Phi) is 2.48. The molecule has 2 rings (SSSR count).